The van der Waals surface area contributed by atoms with Crippen molar-refractivity contribution in [2.45, 2.75) is 32.2 Å². The van der Waals surface area contributed by atoms with Gasteiger partial charge < -0.3 is 15.2 Å². The zero-order valence-corrected chi connectivity index (χ0v) is 14.7. The van der Waals surface area contributed by atoms with Gasteiger partial charge in [0.25, 0.3) is 11.5 Å². The van der Waals surface area contributed by atoms with Gasteiger partial charge in [0, 0.05) is 36.5 Å². The van der Waals surface area contributed by atoms with Gasteiger partial charge in [-0.3, -0.25) is 14.4 Å². The van der Waals surface area contributed by atoms with Crippen LogP contribution in [0, 0.1) is 6.92 Å². The highest BCUT2D eigenvalue weighted by atomic mass is 16.2. The van der Waals surface area contributed by atoms with Gasteiger partial charge in [0.15, 0.2) is 0 Å². The molecule has 1 aliphatic rings. The third-order valence-corrected chi connectivity index (χ3v) is 4.59. The molecule has 0 radical (unpaired) electrons. The van der Waals surface area contributed by atoms with Gasteiger partial charge >= 0.3 is 0 Å². The third kappa shape index (κ3) is 4.36. The summed E-state index contributed by atoms with van der Waals surface area (Å²) in [7, 11) is 0. The van der Waals surface area contributed by atoms with E-state index in [0.29, 0.717) is 37.1 Å². The highest BCUT2D eigenvalue weighted by Crippen LogP contribution is 2.14. The van der Waals surface area contributed by atoms with Crippen LogP contribution in [-0.2, 0) is 11.2 Å². The minimum atomic E-state index is -0.298. The first-order valence-corrected chi connectivity index (χ1v) is 8.70. The largest absolute Gasteiger partial charge is 0.353 e. The van der Waals surface area contributed by atoms with Crippen molar-refractivity contribution in [1.29, 1.82) is 0 Å². The number of aryl methyl sites for hydroxylation is 1. The van der Waals surface area contributed by atoms with Crippen molar-refractivity contribution in [3.63, 3.8) is 0 Å². The van der Waals surface area contributed by atoms with Crippen LogP contribution in [0.25, 0.3) is 0 Å². The molecule has 1 fully saturated rings. The second kappa shape index (κ2) is 7.95. The number of rotatable bonds is 4. The molecule has 26 heavy (non-hydrogen) atoms. The molecule has 2 heterocycles. The monoisotopic (exact) mass is 354 g/mol. The van der Waals surface area contributed by atoms with E-state index in [1.54, 1.807) is 0 Å². The van der Waals surface area contributed by atoms with Gasteiger partial charge in [0.2, 0.25) is 5.91 Å². The van der Waals surface area contributed by atoms with Gasteiger partial charge in [-0.25, -0.2) is 4.98 Å². The zero-order valence-electron chi connectivity index (χ0n) is 14.7. The Hall–Kier alpha value is -2.96. The Labute approximate surface area is 151 Å². The van der Waals surface area contributed by atoms with Gasteiger partial charge in [-0.05, 0) is 31.9 Å². The van der Waals surface area contributed by atoms with Crippen molar-refractivity contribution in [3.05, 3.63) is 63.8 Å². The van der Waals surface area contributed by atoms with Crippen LogP contribution in [0.2, 0.25) is 0 Å². The molecule has 2 aromatic rings. The van der Waals surface area contributed by atoms with Crippen molar-refractivity contribution in [3.8, 4) is 0 Å². The molecular weight excluding hydrogens is 332 g/mol. The van der Waals surface area contributed by atoms with Crippen LogP contribution in [0.1, 0.15) is 34.3 Å². The zero-order chi connectivity index (χ0) is 18.5. The normalized spacial score (nSPS) is 14.9. The molecule has 0 atom stereocenters. The van der Waals surface area contributed by atoms with Crippen molar-refractivity contribution in [2.75, 3.05) is 13.1 Å². The molecule has 1 saturated heterocycles. The summed E-state index contributed by atoms with van der Waals surface area (Å²) in [5.41, 5.74) is 1.86. The molecule has 0 saturated carbocycles. The summed E-state index contributed by atoms with van der Waals surface area (Å²) in [6.07, 6.45) is 4.11. The van der Waals surface area contributed by atoms with E-state index < -0.39 is 0 Å². The molecule has 2 amide bonds. The van der Waals surface area contributed by atoms with E-state index in [1.165, 1.54) is 12.5 Å². The van der Waals surface area contributed by atoms with E-state index in [4.69, 9.17) is 0 Å². The van der Waals surface area contributed by atoms with Crippen LogP contribution in [0.3, 0.4) is 0 Å². The summed E-state index contributed by atoms with van der Waals surface area (Å²) in [5, 5.41) is 2.94. The number of nitrogens with one attached hydrogen (secondary N) is 2. The summed E-state index contributed by atoms with van der Waals surface area (Å²) in [5.74, 6) is -0.177. The van der Waals surface area contributed by atoms with Crippen LogP contribution in [0.15, 0.2) is 41.6 Å². The number of piperidine rings is 1. The lowest BCUT2D eigenvalue weighted by atomic mass is 10.0. The number of likely N-dealkylation sites (tertiary alicyclic amines) is 1. The van der Waals surface area contributed by atoms with E-state index in [-0.39, 0.29) is 29.8 Å². The molecule has 7 heteroatoms. The second-order valence-electron chi connectivity index (χ2n) is 6.58. The maximum atomic E-state index is 12.5. The molecule has 1 aliphatic heterocycles. The molecule has 3 rings (SSSR count). The number of hydrogen-bond donors (Lipinski definition) is 2. The van der Waals surface area contributed by atoms with Gasteiger partial charge in [-0.15, -0.1) is 0 Å². The van der Waals surface area contributed by atoms with Crippen LogP contribution in [0.5, 0.6) is 0 Å². The Bertz CT molecular complexity index is 836. The molecule has 0 unspecified atom stereocenters. The Morgan fingerprint density at radius 1 is 1.23 bits per heavy atom. The Kier molecular flexibility index (Phi) is 5.46. The Morgan fingerprint density at radius 3 is 2.58 bits per heavy atom. The fraction of sp³-hybridized carbons (Fsp3) is 0.368. The average molecular weight is 354 g/mol. The number of carbonyl (C=O) groups excluding carboxylic acids is 2. The lowest BCUT2D eigenvalue weighted by Gasteiger charge is -2.32. The summed E-state index contributed by atoms with van der Waals surface area (Å²) in [6.45, 7) is 3.19. The van der Waals surface area contributed by atoms with Gasteiger partial charge in [0.05, 0.1) is 12.7 Å². The topological polar surface area (TPSA) is 95.2 Å². The number of carbonyl (C=O) groups is 2. The van der Waals surface area contributed by atoms with E-state index in [1.807, 2.05) is 36.1 Å². The maximum absolute atomic E-state index is 12.5. The molecule has 0 bridgehead atoms. The molecule has 2 N–H and O–H groups in total. The Morgan fingerprint density at radius 2 is 1.92 bits per heavy atom. The number of benzene rings is 1. The molecule has 1 aromatic carbocycles. The first-order valence-electron chi connectivity index (χ1n) is 8.70. The van der Waals surface area contributed by atoms with Crippen molar-refractivity contribution in [1.82, 2.24) is 20.2 Å². The summed E-state index contributed by atoms with van der Waals surface area (Å²) >= 11 is 0. The van der Waals surface area contributed by atoms with Gasteiger partial charge in [0.1, 0.15) is 0 Å². The van der Waals surface area contributed by atoms with E-state index in [2.05, 4.69) is 15.3 Å². The van der Waals surface area contributed by atoms with E-state index in [0.717, 1.165) is 5.56 Å². The SMILES string of the molecule is Cc1ccc(C(=O)N2CCC(NC(=O)Cc3cnc[nH]c3=O)CC2)cc1. The lowest BCUT2D eigenvalue weighted by Crippen LogP contribution is -2.47. The van der Waals surface area contributed by atoms with E-state index >= 15 is 0 Å². The van der Waals surface area contributed by atoms with Crippen LogP contribution in [-0.4, -0.2) is 45.8 Å². The van der Waals surface area contributed by atoms with Crippen molar-refractivity contribution >= 4 is 11.8 Å². The Balaban J connectivity index is 1.50. The molecule has 136 valence electrons. The van der Waals surface area contributed by atoms with Crippen molar-refractivity contribution < 1.29 is 9.59 Å². The molecule has 0 aliphatic carbocycles. The van der Waals surface area contributed by atoms with Crippen LogP contribution >= 0.6 is 0 Å². The molecule has 7 nitrogen and oxygen atoms in total. The molecule has 1 aromatic heterocycles. The predicted octanol–water partition coefficient (Wildman–Crippen LogP) is 1.04. The fourth-order valence-corrected chi connectivity index (χ4v) is 3.06. The summed E-state index contributed by atoms with van der Waals surface area (Å²) in [4.78, 5) is 44.3. The quantitative estimate of drug-likeness (QED) is 0.858. The van der Waals surface area contributed by atoms with Gasteiger partial charge in [-0.2, -0.15) is 0 Å². The van der Waals surface area contributed by atoms with Crippen molar-refractivity contribution in [2.24, 2.45) is 0 Å². The third-order valence-electron chi connectivity index (χ3n) is 4.59. The van der Waals surface area contributed by atoms with Gasteiger partial charge in [-0.1, -0.05) is 17.7 Å². The highest BCUT2D eigenvalue weighted by molar-refractivity contribution is 5.94. The molecule has 0 spiro atoms. The van der Waals surface area contributed by atoms with Crippen LogP contribution < -0.4 is 10.9 Å². The average Bonchev–Trinajstić information content (AvgIpc) is 2.64. The predicted molar refractivity (Wildman–Crippen MR) is 96.8 cm³/mol. The van der Waals surface area contributed by atoms with Crippen LogP contribution in [0.4, 0.5) is 0 Å². The number of hydrogen-bond acceptors (Lipinski definition) is 4. The number of amides is 2. The number of nitrogens with zero attached hydrogens (tertiary/aromatic N) is 2. The standard InChI is InChI=1S/C19H22N4O3/c1-13-2-4-14(5-3-13)19(26)23-8-6-16(7-9-23)22-17(24)10-15-11-20-12-21-18(15)25/h2-5,11-12,16H,6-10H2,1H3,(H,22,24)(H,20,21,25). The first-order chi connectivity index (χ1) is 12.5. The highest BCUT2D eigenvalue weighted by Gasteiger charge is 2.24. The van der Waals surface area contributed by atoms with E-state index in [9.17, 15) is 14.4 Å². The minimum absolute atomic E-state index is 0.00564. The lowest BCUT2D eigenvalue weighted by molar-refractivity contribution is -0.121. The summed E-state index contributed by atoms with van der Waals surface area (Å²) in [6, 6.07) is 7.56. The minimum Gasteiger partial charge on any atom is -0.353 e. The number of H-pyrrole nitrogens is 1. The second-order valence-corrected chi connectivity index (χ2v) is 6.58. The maximum Gasteiger partial charge on any atom is 0.254 e. The fourth-order valence-electron chi connectivity index (χ4n) is 3.06. The summed E-state index contributed by atoms with van der Waals surface area (Å²) < 4.78 is 0. The smallest absolute Gasteiger partial charge is 0.254 e. The number of aromatic nitrogens is 2. The first kappa shape index (κ1) is 17.8. The number of aromatic amines is 1. The molecular formula is C19H22N4O3.